The van der Waals surface area contributed by atoms with Crippen molar-refractivity contribution in [2.75, 3.05) is 14.1 Å². The lowest BCUT2D eigenvalue weighted by Crippen LogP contribution is -2.52. The zero-order valence-electron chi connectivity index (χ0n) is 16.8. The maximum atomic E-state index is 12.8. The molecule has 0 bridgehead atoms. The highest BCUT2D eigenvalue weighted by molar-refractivity contribution is 9.10. The minimum Gasteiger partial charge on any atom is -0.340 e. The lowest BCUT2D eigenvalue weighted by molar-refractivity contribution is -0.132. The van der Waals surface area contributed by atoms with Crippen LogP contribution in [0.4, 0.5) is 0 Å². The highest BCUT2D eigenvalue weighted by Gasteiger charge is 2.35. The molecule has 2 aromatic carbocycles. The number of carbonyl (C=O) groups excluding carboxylic acids is 2. The summed E-state index contributed by atoms with van der Waals surface area (Å²) in [6, 6.07) is 16.2. The van der Waals surface area contributed by atoms with Crippen molar-refractivity contribution in [2.24, 2.45) is 0 Å². The number of benzene rings is 2. The van der Waals surface area contributed by atoms with Gasteiger partial charge in [0.2, 0.25) is 0 Å². The molecule has 30 heavy (non-hydrogen) atoms. The van der Waals surface area contributed by atoms with Crippen LogP contribution in [0.2, 0.25) is 0 Å². The molecule has 0 N–H and O–H groups in total. The fraction of sp³-hybridized carbons (Fsp3) is 0.174. The summed E-state index contributed by atoms with van der Waals surface area (Å²) in [6.45, 7) is 2.70. The number of fused-ring (bicyclic) bond motifs is 1. The van der Waals surface area contributed by atoms with E-state index in [1.807, 2.05) is 37.3 Å². The maximum Gasteiger partial charge on any atom is 0.265 e. The predicted molar refractivity (Wildman–Crippen MR) is 126 cm³/mol. The van der Waals surface area contributed by atoms with E-state index in [-0.39, 0.29) is 22.5 Å². The molecule has 3 aromatic rings. The van der Waals surface area contributed by atoms with Gasteiger partial charge in [0, 0.05) is 47.3 Å². The van der Waals surface area contributed by atoms with Crippen LogP contribution in [-0.2, 0) is 16.1 Å². The van der Waals surface area contributed by atoms with Gasteiger partial charge in [-0.1, -0.05) is 46.3 Å². The molecule has 0 aliphatic carbocycles. The molecule has 0 saturated carbocycles. The number of carbonyl (C=O) groups is 2. The van der Waals surface area contributed by atoms with Gasteiger partial charge < -0.3 is 4.57 Å². The molecule has 0 unspecified atom stereocenters. The largest absolute Gasteiger partial charge is 0.340 e. The molecule has 7 heteroatoms. The van der Waals surface area contributed by atoms with E-state index >= 15 is 0 Å². The molecule has 4 rings (SSSR count). The van der Waals surface area contributed by atoms with E-state index < -0.39 is 0 Å². The Hall–Kier alpha value is -2.77. The minimum absolute atomic E-state index is 0.114. The highest BCUT2D eigenvalue weighted by atomic mass is 79.9. The molecule has 0 spiro atoms. The van der Waals surface area contributed by atoms with Crippen LogP contribution in [-0.4, -0.2) is 45.4 Å². The molecule has 5 nitrogen and oxygen atoms in total. The summed E-state index contributed by atoms with van der Waals surface area (Å²) in [5.74, 6) is -0.764. The third-order valence-electron chi connectivity index (χ3n) is 5.47. The molecule has 1 aliphatic heterocycles. The first-order valence-electron chi connectivity index (χ1n) is 9.43. The van der Waals surface area contributed by atoms with Crippen molar-refractivity contribution >= 4 is 62.1 Å². The normalized spacial score (nSPS) is 14.8. The molecule has 0 atom stereocenters. The van der Waals surface area contributed by atoms with Gasteiger partial charge in [0.15, 0.2) is 5.11 Å². The fourth-order valence-corrected chi connectivity index (χ4v) is 4.17. The SMILES string of the molecule is Cc1c(C=C2C(=O)N(C)C(=S)N(C)C2=O)c2ccccc2n1Cc1ccc(Br)cc1. The monoisotopic (exact) mass is 481 g/mol. The summed E-state index contributed by atoms with van der Waals surface area (Å²) in [7, 11) is 3.18. The summed E-state index contributed by atoms with van der Waals surface area (Å²) in [4.78, 5) is 28.2. The summed E-state index contributed by atoms with van der Waals surface area (Å²) < 4.78 is 3.24. The molecule has 1 aromatic heterocycles. The topological polar surface area (TPSA) is 45.6 Å². The van der Waals surface area contributed by atoms with Crippen LogP contribution in [0.1, 0.15) is 16.8 Å². The number of para-hydroxylation sites is 1. The molecule has 1 saturated heterocycles. The second-order valence-corrected chi connectivity index (χ2v) is 8.58. The number of likely N-dealkylation sites (N-methyl/N-ethyl adjacent to an activating group) is 2. The lowest BCUT2D eigenvalue weighted by Gasteiger charge is -2.31. The van der Waals surface area contributed by atoms with Gasteiger partial charge >= 0.3 is 0 Å². The van der Waals surface area contributed by atoms with Crippen LogP contribution in [0.25, 0.3) is 17.0 Å². The Kier molecular flexibility index (Phi) is 5.34. The van der Waals surface area contributed by atoms with E-state index in [4.69, 9.17) is 12.2 Å². The zero-order chi connectivity index (χ0) is 21.6. The third-order valence-corrected chi connectivity index (χ3v) is 6.54. The maximum absolute atomic E-state index is 12.8. The molecule has 1 aliphatic rings. The van der Waals surface area contributed by atoms with Crippen LogP contribution < -0.4 is 0 Å². The van der Waals surface area contributed by atoms with Gasteiger partial charge in [-0.15, -0.1) is 0 Å². The quantitative estimate of drug-likeness (QED) is 0.317. The summed E-state index contributed by atoms with van der Waals surface area (Å²) in [6.07, 6.45) is 1.70. The number of hydrogen-bond acceptors (Lipinski definition) is 3. The van der Waals surface area contributed by atoms with Crippen molar-refractivity contribution in [1.29, 1.82) is 0 Å². The average Bonchev–Trinajstić information content (AvgIpc) is 3.01. The first kappa shape index (κ1) is 20.5. The molecule has 2 amide bonds. The average molecular weight is 482 g/mol. The first-order chi connectivity index (χ1) is 14.3. The number of aromatic nitrogens is 1. The van der Waals surface area contributed by atoms with Gasteiger partial charge in [-0.2, -0.15) is 0 Å². The smallest absolute Gasteiger partial charge is 0.265 e. The Morgan fingerprint density at radius 1 is 0.967 bits per heavy atom. The number of amides is 2. The van der Waals surface area contributed by atoms with Crippen LogP contribution >= 0.6 is 28.1 Å². The first-order valence-corrected chi connectivity index (χ1v) is 10.6. The van der Waals surface area contributed by atoms with Gasteiger partial charge in [0.05, 0.1) is 0 Å². The number of thiocarbonyl (C=S) groups is 1. The van der Waals surface area contributed by atoms with E-state index in [1.165, 1.54) is 9.80 Å². The van der Waals surface area contributed by atoms with Gasteiger partial charge in [0.25, 0.3) is 11.8 Å². The molecule has 152 valence electrons. The van der Waals surface area contributed by atoms with Gasteiger partial charge in [-0.25, -0.2) is 0 Å². The molecular weight excluding hydrogens is 462 g/mol. The number of nitrogens with zero attached hydrogens (tertiary/aromatic N) is 3. The van der Waals surface area contributed by atoms with Gasteiger partial charge in [0.1, 0.15) is 5.57 Å². The van der Waals surface area contributed by atoms with Crippen molar-refractivity contribution < 1.29 is 9.59 Å². The second-order valence-electron chi connectivity index (χ2n) is 7.30. The zero-order valence-corrected chi connectivity index (χ0v) is 19.3. The highest BCUT2D eigenvalue weighted by Crippen LogP contribution is 2.30. The number of rotatable bonds is 3. The van der Waals surface area contributed by atoms with Crippen molar-refractivity contribution in [1.82, 2.24) is 14.4 Å². The summed E-state index contributed by atoms with van der Waals surface area (Å²) >= 11 is 8.66. The Morgan fingerprint density at radius 3 is 2.20 bits per heavy atom. The van der Waals surface area contributed by atoms with E-state index in [9.17, 15) is 9.59 Å². The van der Waals surface area contributed by atoms with Crippen LogP contribution in [0, 0.1) is 6.92 Å². The lowest BCUT2D eigenvalue weighted by atomic mass is 10.0. The Bertz CT molecular complexity index is 1200. The number of hydrogen-bond donors (Lipinski definition) is 0. The molecular formula is C23H20BrN3O2S. The van der Waals surface area contributed by atoms with Crippen LogP contribution in [0.5, 0.6) is 0 Å². The van der Waals surface area contributed by atoms with Crippen molar-refractivity contribution in [3.05, 3.63) is 75.4 Å². The van der Waals surface area contributed by atoms with Crippen LogP contribution in [0.15, 0.2) is 58.6 Å². The Labute approximate surface area is 188 Å². The van der Waals surface area contributed by atoms with E-state index in [0.717, 1.165) is 32.2 Å². The third kappa shape index (κ3) is 3.38. The van der Waals surface area contributed by atoms with Crippen molar-refractivity contribution in [3.63, 3.8) is 0 Å². The summed E-state index contributed by atoms with van der Waals surface area (Å²) in [5.41, 5.74) is 4.19. The van der Waals surface area contributed by atoms with E-state index in [2.05, 4.69) is 38.7 Å². The molecule has 1 fully saturated rings. The predicted octanol–water partition coefficient (Wildman–Crippen LogP) is 4.36. The van der Waals surface area contributed by atoms with Crippen molar-refractivity contribution in [2.45, 2.75) is 13.5 Å². The summed E-state index contributed by atoms with van der Waals surface area (Å²) in [5, 5.41) is 1.20. The Balaban J connectivity index is 1.86. The fourth-order valence-electron chi connectivity index (χ4n) is 3.74. The Morgan fingerprint density at radius 2 is 1.57 bits per heavy atom. The van der Waals surface area contributed by atoms with E-state index in [1.54, 1.807) is 20.2 Å². The van der Waals surface area contributed by atoms with Gasteiger partial charge in [-0.05, 0) is 49.0 Å². The van der Waals surface area contributed by atoms with Gasteiger partial charge in [-0.3, -0.25) is 19.4 Å². The standard InChI is InChI=1S/C23H20BrN3O2S/c1-14-18(12-19-21(28)25(2)23(30)26(3)22(19)29)17-6-4-5-7-20(17)27(14)13-15-8-10-16(24)11-9-15/h4-12H,13H2,1-3H3. The van der Waals surface area contributed by atoms with Crippen LogP contribution in [0.3, 0.4) is 0 Å². The molecule has 2 heterocycles. The minimum atomic E-state index is -0.382. The number of halogens is 1. The molecule has 0 radical (unpaired) electrons. The van der Waals surface area contributed by atoms with Crippen molar-refractivity contribution in [3.8, 4) is 0 Å². The van der Waals surface area contributed by atoms with E-state index in [0.29, 0.717) is 6.54 Å². The second kappa shape index (κ2) is 7.81.